The van der Waals surface area contributed by atoms with Crippen molar-refractivity contribution >= 4 is 5.96 Å². The number of aromatic nitrogens is 4. The molecule has 0 spiro atoms. The number of hydrogen-bond acceptors (Lipinski definition) is 4. The van der Waals surface area contributed by atoms with E-state index in [1.165, 1.54) is 0 Å². The van der Waals surface area contributed by atoms with E-state index in [4.69, 9.17) is 0 Å². The molecule has 0 aromatic carbocycles. The molecule has 7 heteroatoms. The van der Waals surface area contributed by atoms with Crippen LogP contribution in [0.2, 0.25) is 0 Å². The highest BCUT2D eigenvalue weighted by Gasteiger charge is 2.02. The van der Waals surface area contributed by atoms with Crippen LogP contribution in [-0.2, 0) is 19.5 Å². The summed E-state index contributed by atoms with van der Waals surface area (Å²) >= 11 is 0. The lowest BCUT2D eigenvalue weighted by Crippen LogP contribution is -2.38. The fraction of sp³-hybridized carbons (Fsp3) is 0.429. The summed E-state index contributed by atoms with van der Waals surface area (Å²) in [4.78, 5) is 8.45. The molecule has 0 atom stereocenters. The maximum atomic E-state index is 4.26. The van der Waals surface area contributed by atoms with Crippen molar-refractivity contribution in [3.05, 3.63) is 42.2 Å². The molecular formula is C14H21N7. The molecule has 2 aromatic rings. The van der Waals surface area contributed by atoms with E-state index >= 15 is 0 Å². The SMILES string of the molecule is CCc1nncn1CCNC(=NC)NCc1ccccn1. The van der Waals surface area contributed by atoms with Crippen molar-refractivity contribution in [2.45, 2.75) is 26.4 Å². The fourth-order valence-electron chi connectivity index (χ4n) is 1.93. The lowest BCUT2D eigenvalue weighted by atomic mass is 10.3. The third-order valence-corrected chi connectivity index (χ3v) is 3.04. The molecule has 112 valence electrons. The van der Waals surface area contributed by atoms with Crippen LogP contribution in [-0.4, -0.2) is 39.3 Å². The Morgan fingerprint density at radius 3 is 2.95 bits per heavy atom. The Labute approximate surface area is 124 Å². The molecular weight excluding hydrogens is 266 g/mol. The second-order valence-corrected chi connectivity index (χ2v) is 4.47. The molecule has 0 bridgehead atoms. The van der Waals surface area contributed by atoms with Crippen LogP contribution in [0, 0.1) is 0 Å². The van der Waals surface area contributed by atoms with Gasteiger partial charge in [0.2, 0.25) is 0 Å². The first-order chi connectivity index (χ1) is 10.3. The maximum Gasteiger partial charge on any atom is 0.191 e. The highest BCUT2D eigenvalue weighted by atomic mass is 15.3. The summed E-state index contributed by atoms with van der Waals surface area (Å²) in [5.74, 6) is 1.75. The maximum absolute atomic E-state index is 4.26. The standard InChI is InChI=1S/C14H21N7/c1-3-13-20-19-11-21(13)9-8-17-14(15-2)18-10-12-6-4-5-7-16-12/h4-7,11H,3,8-10H2,1-2H3,(H2,15,17,18). The van der Waals surface area contributed by atoms with Crippen LogP contribution in [0.15, 0.2) is 35.7 Å². The average molecular weight is 287 g/mol. The number of hydrogen-bond donors (Lipinski definition) is 2. The average Bonchev–Trinajstić information content (AvgIpc) is 2.99. The smallest absolute Gasteiger partial charge is 0.191 e. The zero-order valence-electron chi connectivity index (χ0n) is 12.5. The van der Waals surface area contributed by atoms with Crippen molar-refractivity contribution in [2.75, 3.05) is 13.6 Å². The molecule has 2 rings (SSSR count). The van der Waals surface area contributed by atoms with E-state index < -0.39 is 0 Å². The molecule has 0 radical (unpaired) electrons. The molecule has 0 aliphatic carbocycles. The van der Waals surface area contributed by atoms with Gasteiger partial charge in [0, 0.05) is 32.8 Å². The molecule has 2 aromatic heterocycles. The molecule has 0 saturated heterocycles. The molecule has 2 heterocycles. The van der Waals surface area contributed by atoms with Gasteiger partial charge in [-0.15, -0.1) is 10.2 Å². The Bertz CT molecular complexity index is 562. The second-order valence-electron chi connectivity index (χ2n) is 4.47. The predicted molar refractivity (Wildman–Crippen MR) is 81.8 cm³/mol. The first kappa shape index (κ1) is 15.0. The van der Waals surface area contributed by atoms with Gasteiger partial charge in [0.15, 0.2) is 5.96 Å². The summed E-state index contributed by atoms with van der Waals surface area (Å²) in [6, 6.07) is 5.85. The highest BCUT2D eigenvalue weighted by molar-refractivity contribution is 5.79. The lowest BCUT2D eigenvalue weighted by molar-refractivity contribution is 0.632. The molecule has 0 aliphatic rings. The Kier molecular flexibility index (Phi) is 5.69. The van der Waals surface area contributed by atoms with Crippen molar-refractivity contribution in [2.24, 2.45) is 4.99 Å². The summed E-state index contributed by atoms with van der Waals surface area (Å²) in [5.41, 5.74) is 0.979. The molecule has 21 heavy (non-hydrogen) atoms. The summed E-state index contributed by atoms with van der Waals surface area (Å²) in [5, 5.41) is 14.5. The summed E-state index contributed by atoms with van der Waals surface area (Å²) in [6.07, 6.45) is 4.42. The van der Waals surface area contributed by atoms with E-state index in [0.29, 0.717) is 6.54 Å². The zero-order valence-corrected chi connectivity index (χ0v) is 12.5. The van der Waals surface area contributed by atoms with Gasteiger partial charge in [-0.3, -0.25) is 9.98 Å². The van der Waals surface area contributed by atoms with Gasteiger partial charge >= 0.3 is 0 Å². The van der Waals surface area contributed by atoms with Crippen LogP contribution < -0.4 is 10.6 Å². The van der Waals surface area contributed by atoms with Gasteiger partial charge in [-0.05, 0) is 12.1 Å². The van der Waals surface area contributed by atoms with Gasteiger partial charge in [-0.2, -0.15) is 0 Å². The van der Waals surface area contributed by atoms with Crippen molar-refractivity contribution in [3.63, 3.8) is 0 Å². The number of pyridine rings is 1. The fourth-order valence-corrected chi connectivity index (χ4v) is 1.93. The predicted octanol–water partition coefficient (Wildman–Crippen LogP) is 0.601. The van der Waals surface area contributed by atoms with Crippen LogP contribution in [0.5, 0.6) is 0 Å². The first-order valence-electron chi connectivity index (χ1n) is 7.04. The van der Waals surface area contributed by atoms with E-state index in [1.54, 1.807) is 19.6 Å². The van der Waals surface area contributed by atoms with Crippen LogP contribution in [0.1, 0.15) is 18.4 Å². The summed E-state index contributed by atoms with van der Waals surface area (Å²) in [7, 11) is 1.75. The van der Waals surface area contributed by atoms with E-state index in [1.807, 2.05) is 22.8 Å². The van der Waals surface area contributed by atoms with Gasteiger partial charge in [0.05, 0.1) is 12.2 Å². The number of rotatable bonds is 6. The number of nitrogens with zero attached hydrogens (tertiary/aromatic N) is 5. The normalized spacial score (nSPS) is 11.4. The Morgan fingerprint density at radius 2 is 2.24 bits per heavy atom. The Balaban J connectivity index is 1.75. The quantitative estimate of drug-likeness (QED) is 0.601. The first-order valence-corrected chi connectivity index (χ1v) is 7.04. The number of guanidine groups is 1. The van der Waals surface area contributed by atoms with Gasteiger partial charge in [0.1, 0.15) is 12.2 Å². The molecule has 7 nitrogen and oxygen atoms in total. The highest BCUT2D eigenvalue weighted by Crippen LogP contribution is 1.95. The minimum atomic E-state index is 0.646. The van der Waals surface area contributed by atoms with Crippen LogP contribution in [0.25, 0.3) is 0 Å². The van der Waals surface area contributed by atoms with Crippen LogP contribution >= 0.6 is 0 Å². The van der Waals surface area contributed by atoms with E-state index in [9.17, 15) is 0 Å². The molecule has 2 N–H and O–H groups in total. The minimum absolute atomic E-state index is 0.646. The third kappa shape index (κ3) is 4.55. The summed E-state index contributed by atoms with van der Waals surface area (Å²) in [6.45, 7) is 4.28. The van der Waals surface area contributed by atoms with Gasteiger partial charge in [-0.25, -0.2) is 0 Å². The topological polar surface area (TPSA) is 80.0 Å². The van der Waals surface area contributed by atoms with Crippen molar-refractivity contribution in [3.8, 4) is 0 Å². The number of aryl methyl sites for hydroxylation is 1. The van der Waals surface area contributed by atoms with Gasteiger partial charge in [0.25, 0.3) is 0 Å². The zero-order chi connectivity index (χ0) is 14.9. The third-order valence-electron chi connectivity index (χ3n) is 3.04. The van der Waals surface area contributed by atoms with Crippen LogP contribution in [0.3, 0.4) is 0 Å². The van der Waals surface area contributed by atoms with Crippen molar-refractivity contribution in [1.29, 1.82) is 0 Å². The number of aliphatic imine (C=N–C) groups is 1. The van der Waals surface area contributed by atoms with Crippen molar-refractivity contribution < 1.29 is 0 Å². The van der Waals surface area contributed by atoms with Crippen molar-refractivity contribution in [1.82, 2.24) is 30.4 Å². The molecule has 0 aliphatic heterocycles. The largest absolute Gasteiger partial charge is 0.355 e. The second kappa shape index (κ2) is 7.98. The van der Waals surface area contributed by atoms with Gasteiger partial charge in [-0.1, -0.05) is 13.0 Å². The Morgan fingerprint density at radius 1 is 1.33 bits per heavy atom. The lowest BCUT2D eigenvalue weighted by Gasteiger charge is -2.12. The van der Waals surface area contributed by atoms with E-state index in [2.05, 4.69) is 37.7 Å². The summed E-state index contributed by atoms with van der Waals surface area (Å²) < 4.78 is 2.04. The number of nitrogens with one attached hydrogen (secondary N) is 2. The molecule has 0 amide bonds. The van der Waals surface area contributed by atoms with Gasteiger partial charge < -0.3 is 15.2 Å². The minimum Gasteiger partial charge on any atom is -0.355 e. The molecule has 0 saturated carbocycles. The Hall–Kier alpha value is -2.44. The van der Waals surface area contributed by atoms with E-state index in [-0.39, 0.29) is 0 Å². The molecule has 0 unspecified atom stereocenters. The van der Waals surface area contributed by atoms with E-state index in [0.717, 1.165) is 37.0 Å². The molecule has 0 fully saturated rings. The van der Waals surface area contributed by atoms with Crippen LogP contribution in [0.4, 0.5) is 0 Å². The monoisotopic (exact) mass is 287 g/mol.